The Morgan fingerprint density at radius 1 is 0.900 bits per heavy atom. The Morgan fingerprint density at radius 2 is 1.45 bits per heavy atom. The van der Waals surface area contributed by atoms with Crippen LogP contribution in [0.15, 0.2) is 36.4 Å². The summed E-state index contributed by atoms with van der Waals surface area (Å²) in [4.78, 5) is 10.3. The number of hydrogen-bond donors (Lipinski definition) is 0. The molecule has 0 heterocycles. The summed E-state index contributed by atoms with van der Waals surface area (Å²) >= 11 is 0. The standard InChI is InChI=1S/C16H16O4/c1-11-8-13(4-6-15(11)18-3)20-14-5-7-16(19-10-17)12(2)9-14/h4-10H,1-3H3. The lowest BCUT2D eigenvalue weighted by Gasteiger charge is -2.10. The third kappa shape index (κ3) is 3.09. The van der Waals surface area contributed by atoms with Crippen molar-refractivity contribution in [3.8, 4) is 23.0 Å². The van der Waals surface area contributed by atoms with Crippen molar-refractivity contribution in [1.82, 2.24) is 0 Å². The maximum Gasteiger partial charge on any atom is 0.298 e. The van der Waals surface area contributed by atoms with E-state index in [0.717, 1.165) is 22.6 Å². The lowest BCUT2D eigenvalue weighted by Crippen LogP contribution is -1.93. The molecule has 0 saturated heterocycles. The van der Waals surface area contributed by atoms with Gasteiger partial charge in [-0.15, -0.1) is 0 Å². The Hall–Kier alpha value is -2.49. The van der Waals surface area contributed by atoms with Gasteiger partial charge in [0.05, 0.1) is 7.11 Å². The second-order valence-electron chi connectivity index (χ2n) is 4.37. The van der Waals surface area contributed by atoms with Crippen molar-refractivity contribution in [3.05, 3.63) is 47.5 Å². The van der Waals surface area contributed by atoms with Gasteiger partial charge < -0.3 is 14.2 Å². The molecule has 0 bridgehead atoms. The lowest BCUT2D eigenvalue weighted by atomic mass is 10.2. The first-order valence-electron chi connectivity index (χ1n) is 6.17. The van der Waals surface area contributed by atoms with Crippen molar-refractivity contribution >= 4 is 6.47 Å². The molecule has 2 aromatic rings. The van der Waals surface area contributed by atoms with Crippen molar-refractivity contribution < 1.29 is 19.0 Å². The molecule has 0 atom stereocenters. The lowest BCUT2D eigenvalue weighted by molar-refractivity contribution is -0.120. The molecule has 0 unspecified atom stereocenters. The van der Waals surface area contributed by atoms with E-state index in [1.165, 1.54) is 0 Å². The Labute approximate surface area is 117 Å². The normalized spacial score (nSPS) is 9.95. The van der Waals surface area contributed by atoms with Gasteiger partial charge in [0.25, 0.3) is 6.47 Å². The summed E-state index contributed by atoms with van der Waals surface area (Å²) < 4.78 is 15.8. The Bertz CT molecular complexity index is 620. The smallest absolute Gasteiger partial charge is 0.298 e. The monoisotopic (exact) mass is 272 g/mol. The fourth-order valence-electron chi connectivity index (χ4n) is 1.92. The zero-order valence-electron chi connectivity index (χ0n) is 11.7. The molecule has 0 aliphatic carbocycles. The van der Waals surface area contributed by atoms with E-state index in [1.54, 1.807) is 19.2 Å². The highest BCUT2D eigenvalue weighted by molar-refractivity contribution is 5.50. The Kier molecular flexibility index (Phi) is 4.25. The second-order valence-corrected chi connectivity index (χ2v) is 4.37. The van der Waals surface area contributed by atoms with E-state index in [1.807, 2.05) is 38.1 Å². The summed E-state index contributed by atoms with van der Waals surface area (Å²) in [6.07, 6.45) is 0. The van der Waals surface area contributed by atoms with Crippen LogP contribution in [0.4, 0.5) is 0 Å². The van der Waals surface area contributed by atoms with Crippen LogP contribution < -0.4 is 14.2 Å². The number of hydrogen-bond acceptors (Lipinski definition) is 4. The fraction of sp³-hybridized carbons (Fsp3) is 0.188. The Morgan fingerprint density at radius 3 is 1.90 bits per heavy atom. The van der Waals surface area contributed by atoms with Gasteiger partial charge in [-0.2, -0.15) is 0 Å². The van der Waals surface area contributed by atoms with Crippen molar-refractivity contribution in [2.45, 2.75) is 13.8 Å². The highest BCUT2D eigenvalue weighted by atomic mass is 16.5. The predicted molar refractivity (Wildman–Crippen MR) is 75.7 cm³/mol. The summed E-state index contributed by atoms with van der Waals surface area (Å²) in [7, 11) is 1.64. The number of ether oxygens (including phenoxy) is 3. The largest absolute Gasteiger partial charge is 0.496 e. The topological polar surface area (TPSA) is 44.8 Å². The minimum absolute atomic E-state index is 0.412. The zero-order valence-corrected chi connectivity index (χ0v) is 11.7. The van der Waals surface area contributed by atoms with E-state index in [4.69, 9.17) is 14.2 Å². The van der Waals surface area contributed by atoms with E-state index < -0.39 is 0 Å². The van der Waals surface area contributed by atoms with Crippen LogP contribution >= 0.6 is 0 Å². The molecule has 0 aliphatic rings. The molecule has 20 heavy (non-hydrogen) atoms. The molecule has 0 fully saturated rings. The highest BCUT2D eigenvalue weighted by Crippen LogP contribution is 2.29. The van der Waals surface area contributed by atoms with Crippen molar-refractivity contribution in [2.24, 2.45) is 0 Å². The van der Waals surface area contributed by atoms with Gasteiger partial charge in [0.15, 0.2) is 0 Å². The fourth-order valence-corrected chi connectivity index (χ4v) is 1.92. The van der Waals surface area contributed by atoms with E-state index in [9.17, 15) is 4.79 Å². The number of benzene rings is 2. The van der Waals surface area contributed by atoms with Gasteiger partial charge in [-0.1, -0.05) is 0 Å². The average Bonchev–Trinajstić information content (AvgIpc) is 2.42. The minimum atomic E-state index is 0.412. The molecule has 0 radical (unpaired) electrons. The van der Waals surface area contributed by atoms with E-state index in [-0.39, 0.29) is 0 Å². The first-order valence-corrected chi connectivity index (χ1v) is 6.17. The van der Waals surface area contributed by atoms with Gasteiger partial charge in [0.1, 0.15) is 23.0 Å². The minimum Gasteiger partial charge on any atom is -0.496 e. The van der Waals surface area contributed by atoms with Gasteiger partial charge in [-0.25, -0.2) is 0 Å². The van der Waals surface area contributed by atoms with E-state index in [0.29, 0.717) is 18.0 Å². The Balaban J connectivity index is 2.19. The molecule has 0 spiro atoms. The summed E-state index contributed by atoms with van der Waals surface area (Å²) in [5, 5.41) is 0. The van der Waals surface area contributed by atoms with Crippen LogP contribution in [0.5, 0.6) is 23.0 Å². The van der Waals surface area contributed by atoms with Gasteiger partial charge in [0.2, 0.25) is 0 Å². The molecular weight excluding hydrogens is 256 g/mol. The molecule has 2 aromatic carbocycles. The van der Waals surface area contributed by atoms with Crippen LogP contribution in [-0.4, -0.2) is 13.6 Å². The molecule has 0 aliphatic heterocycles. The summed E-state index contributed by atoms with van der Waals surface area (Å²) in [5.41, 5.74) is 1.84. The van der Waals surface area contributed by atoms with Crippen LogP contribution in [-0.2, 0) is 4.79 Å². The van der Waals surface area contributed by atoms with Gasteiger partial charge in [-0.05, 0) is 61.4 Å². The van der Waals surface area contributed by atoms with E-state index in [2.05, 4.69) is 0 Å². The van der Waals surface area contributed by atoms with Crippen LogP contribution in [0.3, 0.4) is 0 Å². The maximum atomic E-state index is 10.3. The van der Waals surface area contributed by atoms with E-state index >= 15 is 0 Å². The van der Waals surface area contributed by atoms with Crippen molar-refractivity contribution in [1.29, 1.82) is 0 Å². The van der Waals surface area contributed by atoms with Crippen LogP contribution in [0.1, 0.15) is 11.1 Å². The first-order chi connectivity index (χ1) is 9.63. The number of rotatable bonds is 5. The molecule has 4 heteroatoms. The van der Waals surface area contributed by atoms with Crippen LogP contribution in [0, 0.1) is 13.8 Å². The molecule has 0 saturated carbocycles. The SMILES string of the molecule is COc1ccc(Oc2ccc(OC=O)c(C)c2)cc1C. The molecule has 4 nitrogen and oxygen atoms in total. The first kappa shape index (κ1) is 13.9. The third-order valence-electron chi connectivity index (χ3n) is 2.92. The van der Waals surface area contributed by atoms with Gasteiger partial charge >= 0.3 is 0 Å². The molecule has 0 N–H and O–H groups in total. The number of carbonyl (C=O) groups is 1. The average molecular weight is 272 g/mol. The number of aryl methyl sites for hydroxylation is 2. The summed E-state index contributed by atoms with van der Waals surface area (Å²) in [5.74, 6) is 2.76. The van der Waals surface area contributed by atoms with Crippen LogP contribution in [0.25, 0.3) is 0 Å². The molecule has 2 rings (SSSR count). The summed E-state index contributed by atoms with van der Waals surface area (Å²) in [6.45, 7) is 4.22. The second kappa shape index (κ2) is 6.10. The van der Waals surface area contributed by atoms with Crippen molar-refractivity contribution in [2.75, 3.05) is 7.11 Å². The van der Waals surface area contributed by atoms with Gasteiger partial charge in [0, 0.05) is 0 Å². The van der Waals surface area contributed by atoms with Crippen LogP contribution in [0.2, 0.25) is 0 Å². The zero-order chi connectivity index (χ0) is 14.5. The molecular formula is C16H16O4. The molecule has 0 aromatic heterocycles. The quantitative estimate of drug-likeness (QED) is 0.779. The molecule has 0 amide bonds. The third-order valence-corrected chi connectivity index (χ3v) is 2.92. The predicted octanol–water partition coefficient (Wildman–Crippen LogP) is 3.64. The number of methoxy groups -OCH3 is 1. The summed E-state index contributed by atoms with van der Waals surface area (Å²) in [6, 6.07) is 10.9. The maximum absolute atomic E-state index is 10.3. The van der Waals surface area contributed by atoms with Gasteiger partial charge in [-0.3, -0.25) is 4.79 Å². The highest BCUT2D eigenvalue weighted by Gasteiger charge is 2.05. The number of carbonyl (C=O) groups excluding carboxylic acids is 1. The van der Waals surface area contributed by atoms with Crippen molar-refractivity contribution in [3.63, 3.8) is 0 Å². The molecule has 104 valence electrons.